The molecule has 0 bridgehead atoms. The van der Waals surface area contributed by atoms with Gasteiger partial charge in [0.2, 0.25) is 5.91 Å². The summed E-state index contributed by atoms with van der Waals surface area (Å²) in [5.74, 6) is 0.178. The van der Waals surface area contributed by atoms with Gasteiger partial charge in [-0.25, -0.2) is 8.42 Å². The van der Waals surface area contributed by atoms with Crippen LogP contribution in [0.4, 0.5) is 0 Å². The molecule has 1 amide bonds. The van der Waals surface area contributed by atoms with Crippen LogP contribution < -0.4 is 16.0 Å². The van der Waals surface area contributed by atoms with Gasteiger partial charge >= 0.3 is 0 Å². The molecule has 0 radical (unpaired) electrons. The van der Waals surface area contributed by atoms with Crippen molar-refractivity contribution in [1.29, 1.82) is 0 Å². The van der Waals surface area contributed by atoms with E-state index in [4.69, 9.17) is 0 Å². The van der Waals surface area contributed by atoms with Crippen LogP contribution in [0.25, 0.3) is 0 Å². The highest BCUT2D eigenvalue weighted by Gasteiger charge is 2.21. The predicted molar refractivity (Wildman–Crippen MR) is 120 cm³/mol. The third-order valence-electron chi connectivity index (χ3n) is 3.51. The molecule has 1 atom stereocenters. The first-order chi connectivity index (χ1) is 12.1. The van der Waals surface area contributed by atoms with E-state index in [0.717, 1.165) is 0 Å². The highest BCUT2D eigenvalue weighted by Crippen LogP contribution is 2.12. The fourth-order valence-corrected chi connectivity index (χ4v) is 3.88. The highest BCUT2D eigenvalue weighted by atomic mass is 127. The number of nitrogens with one attached hydrogen (secondary N) is 3. The molecule has 0 heterocycles. The average Bonchev–Trinajstić information content (AvgIpc) is 2.56. The molecule has 1 unspecified atom stereocenters. The normalized spacial score (nSPS) is 13.3. The molecule has 0 fully saturated rings. The average molecular weight is 510 g/mol. The Bertz CT molecular complexity index is 716. The lowest BCUT2D eigenvalue weighted by atomic mass is 10.1. The van der Waals surface area contributed by atoms with Gasteiger partial charge in [-0.2, -0.15) is 0 Å². The number of sulfone groups is 1. The standard InChI is InChI=1S/C18H30N4O3S.HI/c1-6-14(13-26(24,25)15-10-8-7-9-11-15)21-17(19-5)20-12-16(23)22-18(2,3)4;/h7-11,14H,6,12-13H2,1-5H3,(H,22,23)(H2,19,20,21);1H. The maximum atomic E-state index is 12.5. The first kappa shape index (κ1) is 25.6. The zero-order valence-corrected chi connectivity index (χ0v) is 19.7. The van der Waals surface area contributed by atoms with Gasteiger partial charge in [-0.1, -0.05) is 25.1 Å². The Morgan fingerprint density at radius 1 is 1.19 bits per heavy atom. The second-order valence-corrected chi connectivity index (χ2v) is 9.10. The second-order valence-electron chi connectivity index (χ2n) is 7.07. The molecule has 27 heavy (non-hydrogen) atoms. The summed E-state index contributed by atoms with van der Waals surface area (Å²) in [4.78, 5) is 16.3. The van der Waals surface area contributed by atoms with Crippen LogP contribution in [-0.2, 0) is 14.6 Å². The van der Waals surface area contributed by atoms with Crippen molar-refractivity contribution in [2.24, 2.45) is 4.99 Å². The van der Waals surface area contributed by atoms with Crippen LogP contribution in [0.2, 0.25) is 0 Å². The minimum Gasteiger partial charge on any atom is -0.353 e. The third kappa shape index (κ3) is 9.94. The number of nitrogens with zero attached hydrogens (tertiary/aromatic N) is 1. The van der Waals surface area contributed by atoms with Gasteiger partial charge in [0.15, 0.2) is 15.8 Å². The van der Waals surface area contributed by atoms with Crippen molar-refractivity contribution in [2.75, 3.05) is 19.3 Å². The van der Waals surface area contributed by atoms with E-state index in [1.807, 2.05) is 27.7 Å². The summed E-state index contributed by atoms with van der Waals surface area (Å²) in [5.41, 5.74) is -0.314. The number of rotatable bonds is 7. The summed E-state index contributed by atoms with van der Waals surface area (Å²) in [7, 11) is -1.83. The number of amides is 1. The lowest BCUT2D eigenvalue weighted by Crippen LogP contribution is -2.50. The molecule has 1 aromatic carbocycles. The zero-order valence-electron chi connectivity index (χ0n) is 16.6. The zero-order chi connectivity index (χ0) is 19.8. The Morgan fingerprint density at radius 3 is 2.26 bits per heavy atom. The number of guanidine groups is 1. The molecule has 3 N–H and O–H groups in total. The molecule has 0 spiro atoms. The van der Waals surface area contributed by atoms with Gasteiger partial charge in [0.1, 0.15) is 0 Å². The van der Waals surface area contributed by atoms with Crippen molar-refractivity contribution >= 4 is 45.7 Å². The smallest absolute Gasteiger partial charge is 0.239 e. The molecule has 0 saturated heterocycles. The van der Waals surface area contributed by atoms with Gasteiger partial charge in [0.25, 0.3) is 0 Å². The molecular weight excluding hydrogens is 479 g/mol. The molecule has 0 aliphatic rings. The number of carbonyl (C=O) groups excluding carboxylic acids is 1. The summed E-state index contributed by atoms with van der Waals surface area (Å²) < 4.78 is 25.1. The van der Waals surface area contributed by atoms with Gasteiger partial charge in [-0.3, -0.25) is 9.79 Å². The van der Waals surface area contributed by atoms with E-state index in [-0.39, 0.29) is 53.8 Å². The van der Waals surface area contributed by atoms with Crippen molar-refractivity contribution in [3.63, 3.8) is 0 Å². The monoisotopic (exact) mass is 510 g/mol. The molecule has 0 aromatic heterocycles. The molecule has 154 valence electrons. The molecule has 7 nitrogen and oxygen atoms in total. The largest absolute Gasteiger partial charge is 0.353 e. The van der Waals surface area contributed by atoms with E-state index >= 15 is 0 Å². The summed E-state index contributed by atoms with van der Waals surface area (Å²) in [5, 5.41) is 8.84. The maximum Gasteiger partial charge on any atom is 0.239 e. The van der Waals surface area contributed by atoms with E-state index < -0.39 is 9.84 Å². The fraction of sp³-hybridized carbons (Fsp3) is 0.556. The van der Waals surface area contributed by atoms with Crippen LogP contribution >= 0.6 is 24.0 Å². The first-order valence-corrected chi connectivity index (χ1v) is 10.3. The van der Waals surface area contributed by atoms with Crippen LogP contribution in [0, 0.1) is 0 Å². The second kappa shape index (κ2) is 11.5. The van der Waals surface area contributed by atoms with Crippen molar-refractivity contribution in [1.82, 2.24) is 16.0 Å². The van der Waals surface area contributed by atoms with Crippen molar-refractivity contribution < 1.29 is 13.2 Å². The predicted octanol–water partition coefficient (Wildman–Crippen LogP) is 1.94. The number of hydrogen-bond donors (Lipinski definition) is 3. The van der Waals surface area contributed by atoms with E-state index in [1.54, 1.807) is 37.4 Å². The lowest BCUT2D eigenvalue weighted by Gasteiger charge is -2.22. The van der Waals surface area contributed by atoms with Crippen LogP contribution in [0.5, 0.6) is 0 Å². The molecule has 1 aromatic rings. The SMILES string of the molecule is CCC(CS(=O)(=O)c1ccccc1)NC(=NC)NCC(=O)NC(C)(C)C.I. The van der Waals surface area contributed by atoms with Gasteiger partial charge in [0, 0.05) is 18.6 Å². The van der Waals surface area contributed by atoms with Gasteiger partial charge < -0.3 is 16.0 Å². The Kier molecular flexibility index (Phi) is 10.9. The van der Waals surface area contributed by atoms with E-state index in [1.165, 1.54) is 0 Å². The van der Waals surface area contributed by atoms with Gasteiger partial charge in [0.05, 0.1) is 17.2 Å². The fourth-order valence-electron chi connectivity index (χ4n) is 2.26. The summed E-state index contributed by atoms with van der Waals surface area (Å²) in [6, 6.07) is 8.04. The summed E-state index contributed by atoms with van der Waals surface area (Å²) >= 11 is 0. The number of benzene rings is 1. The van der Waals surface area contributed by atoms with E-state index in [2.05, 4.69) is 20.9 Å². The number of aliphatic imine (C=N–C) groups is 1. The van der Waals surface area contributed by atoms with Crippen molar-refractivity contribution in [2.45, 2.75) is 50.6 Å². The van der Waals surface area contributed by atoms with E-state index in [9.17, 15) is 13.2 Å². The van der Waals surface area contributed by atoms with Crippen LogP contribution in [-0.4, -0.2) is 51.2 Å². The number of halogens is 1. The lowest BCUT2D eigenvalue weighted by molar-refractivity contribution is -0.121. The third-order valence-corrected chi connectivity index (χ3v) is 5.34. The van der Waals surface area contributed by atoms with Crippen molar-refractivity contribution in [3.8, 4) is 0 Å². The maximum absolute atomic E-state index is 12.5. The highest BCUT2D eigenvalue weighted by molar-refractivity contribution is 14.0. The first-order valence-electron chi connectivity index (χ1n) is 8.63. The Labute approximate surface area is 179 Å². The van der Waals surface area contributed by atoms with Gasteiger partial charge in [-0.15, -0.1) is 24.0 Å². The Morgan fingerprint density at radius 2 is 1.78 bits per heavy atom. The topological polar surface area (TPSA) is 99.7 Å². The molecule has 0 aliphatic carbocycles. The van der Waals surface area contributed by atoms with E-state index in [0.29, 0.717) is 17.3 Å². The minimum absolute atomic E-state index is 0. The Balaban J connectivity index is 0.00000676. The molecule has 1 rings (SSSR count). The van der Waals surface area contributed by atoms with Crippen LogP contribution in [0.1, 0.15) is 34.1 Å². The molecular formula is C18H31IN4O3S. The van der Waals surface area contributed by atoms with Crippen LogP contribution in [0.15, 0.2) is 40.2 Å². The van der Waals surface area contributed by atoms with Crippen molar-refractivity contribution in [3.05, 3.63) is 30.3 Å². The van der Waals surface area contributed by atoms with Crippen LogP contribution in [0.3, 0.4) is 0 Å². The number of hydrogen-bond acceptors (Lipinski definition) is 4. The summed E-state index contributed by atoms with van der Waals surface area (Å²) in [6.07, 6.45) is 0.598. The number of carbonyl (C=O) groups is 1. The molecule has 0 aliphatic heterocycles. The minimum atomic E-state index is -3.41. The summed E-state index contributed by atoms with van der Waals surface area (Å²) in [6.45, 7) is 7.66. The Hall–Kier alpha value is -1.36. The van der Waals surface area contributed by atoms with Gasteiger partial charge in [-0.05, 0) is 39.3 Å². The molecule has 0 saturated carbocycles. The quantitative estimate of drug-likeness (QED) is 0.296. The molecule has 9 heteroatoms.